The molecule has 0 radical (unpaired) electrons. The van der Waals surface area contributed by atoms with Crippen LogP contribution in [0.5, 0.6) is 5.75 Å². The molecule has 1 saturated carbocycles. The lowest BCUT2D eigenvalue weighted by molar-refractivity contribution is -0.139. The number of rotatable bonds is 6. The van der Waals surface area contributed by atoms with E-state index in [4.69, 9.17) is 9.84 Å². The third-order valence-electron chi connectivity index (χ3n) is 4.77. The van der Waals surface area contributed by atoms with Gasteiger partial charge in [-0.1, -0.05) is 49.2 Å². The van der Waals surface area contributed by atoms with E-state index < -0.39 is 12.6 Å². The molecule has 1 aliphatic carbocycles. The maximum Gasteiger partial charge on any atom is 0.341 e. The van der Waals surface area contributed by atoms with Crippen LogP contribution >= 0.6 is 0 Å². The van der Waals surface area contributed by atoms with Gasteiger partial charge in [0, 0.05) is 17.5 Å². The first kappa shape index (κ1) is 18.0. The van der Waals surface area contributed by atoms with Crippen LogP contribution in [0.1, 0.15) is 47.5 Å². The van der Waals surface area contributed by atoms with Gasteiger partial charge in [0.15, 0.2) is 6.61 Å². The highest BCUT2D eigenvalue weighted by Crippen LogP contribution is 2.33. The topological polar surface area (TPSA) is 75.6 Å². The Morgan fingerprint density at radius 2 is 1.81 bits per heavy atom. The van der Waals surface area contributed by atoms with Crippen molar-refractivity contribution in [1.82, 2.24) is 5.32 Å². The quantitative estimate of drug-likeness (QED) is 0.832. The molecule has 1 fully saturated rings. The summed E-state index contributed by atoms with van der Waals surface area (Å²) in [5.74, 6) is -0.505. The second kappa shape index (κ2) is 8.52. The lowest BCUT2D eigenvalue weighted by Gasteiger charge is -2.32. The van der Waals surface area contributed by atoms with Crippen LogP contribution in [0.2, 0.25) is 0 Å². The van der Waals surface area contributed by atoms with Gasteiger partial charge in [0.25, 0.3) is 5.91 Å². The first-order valence-corrected chi connectivity index (χ1v) is 8.94. The fraction of sp³-hybridized carbons (Fsp3) is 0.333. The van der Waals surface area contributed by atoms with Crippen LogP contribution in [0.4, 0.5) is 0 Å². The number of carbonyl (C=O) groups excluding carboxylic acids is 1. The van der Waals surface area contributed by atoms with Crippen LogP contribution in [0.25, 0.3) is 0 Å². The summed E-state index contributed by atoms with van der Waals surface area (Å²) in [6.45, 7) is -0.427. The van der Waals surface area contributed by atoms with Crippen LogP contribution < -0.4 is 10.1 Å². The molecule has 0 saturated heterocycles. The summed E-state index contributed by atoms with van der Waals surface area (Å²) in [5.41, 5.74) is 1.74. The molecule has 2 unspecified atom stereocenters. The van der Waals surface area contributed by atoms with Crippen LogP contribution in [0, 0.1) is 0 Å². The van der Waals surface area contributed by atoms with Crippen molar-refractivity contribution in [1.29, 1.82) is 0 Å². The lowest BCUT2D eigenvalue weighted by atomic mass is 9.80. The summed E-state index contributed by atoms with van der Waals surface area (Å²) in [4.78, 5) is 23.3. The van der Waals surface area contributed by atoms with E-state index in [1.54, 1.807) is 24.3 Å². The van der Waals surface area contributed by atoms with Crippen molar-refractivity contribution < 1.29 is 19.4 Å². The van der Waals surface area contributed by atoms with Crippen LogP contribution in [0.3, 0.4) is 0 Å². The molecular formula is C21H23NO4. The highest BCUT2D eigenvalue weighted by Gasteiger charge is 2.28. The van der Waals surface area contributed by atoms with E-state index in [1.165, 1.54) is 12.0 Å². The molecule has 136 valence electrons. The third kappa shape index (κ3) is 4.63. The smallest absolute Gasteiger partial charge is 0.341 e. The molecule has 0 bridgehead atoms. The van der Waals surface area contributed by atoms with Crippen molar-refractivity contribution in [3.8, 4) is 5.75 Å². The molecule has 2 aromatic rings. The number of hydrogen-bond acceptors (Lipinski definition) is 3. The number of benzene rings is 2. The molecule has 1 aliphatic rings. The highest BCUT2D eigenvalue weighted by molar-refractivity contribution is 5.94. The SMILES string of the molecule is O=C(O)COc1cccc(C(=O)NC2CCCCC2c2ccccc2)c1. The van der Waals surface area contributed by atoms with Crippen molar-refractivity contribution in [2.24, 2.45) is 0 Å². The first-order valence-electron chi connectivity index (χ1n) is 8.94. The van der Waals surface area contributed by atoms with E-state index in [0.29, 0.717) is 17.2 Å². The fourth-order valence-corrected chi connectivity index (χ4v) is 3.53. The standard InChI is InChI=1S/C21H23NO4/c23-20(24)14-26-17-10-6-9-16(13-17)21(25)22-19-12-5-4-11-18(19)15-7-2-1-3-8-15/h1-3,6-10,13,18-19H,4-5,11-12,14H2,(H,22,25)(H,23,24). The number of hydrogen-bond donors (Lipinski definition) is 2. The van der Waals surface area contributed by atoms with Crippen LogP contribution in [0.15, 0.2) is 54.6 Å². The predicted octanol–water partition coefficient (Wildman–Crippen LogP) is 3.61. The summed E-state index contributed by atoms with van der Waals surface area (Å²) in [7, 11) is 0. The third-order valence-corrected chi connectivity index (χ3v) is 4.77. The second-order valence-corrected chi connectivity index (χ2v) is 6.59. The predicted molar refractivity (Wildman–Crippen MR) is 98.5 cm³/mol. The van der Waals surface area contributed by atoms with Crippen LogP contribution in [-0.4, -0.2) is 29.6 Å². The van der Waals surface area contributed by atoms with Gasteiger partial charge in [-0.05, 0) is 36.6 Å². The Balaban J connectivity index is 1.70. The molecule has 0 heterocycles. The maximum absolute atomic E-state index is 12.7. The van der Waals surface area contributed by atoms with E-state index >= 15 is 0 Å². The Bertz CT molecular complexity index is 760. The van der Waals surface area contributed by atoms with E-state index in [2.05, 4.69) is 17.4 Å². The summed E-state index contributed by atoms with van der Waals surface area (Å²) in [6, 6.07) is 17.0. The van der Waals surface area contributed by atoms with Crippen molar-refractivity contribution in [3.63, 3.8) is 0 Å². The van der Waals surface area contributed by atoms with Crippen molar-refractivity contribution >= 4 is 11.9 Å². The maximum atomic E-state index is 12.7. The Kier molecular flexibility index (Phi) is 5.89. The van der Waals surface area contributed by atoms with Gasteiger partial charge < -0.3 is 15.2 Å². The molecule has 2 aromatic carbocycles. The van der Waals surface area contributed by atoms with Gasteiger partial charge in [-0.15, -0.1) is 0 Å². The fourth-order valence-electron chi connectivity index (χ4n) is 3.53. The van der Waals surface area contributed by atoms with Gasteiger partial charge in [-0.25, -0.2) is 4.79 Å². The molecule has 0 spiro atoms. The van der Waals surface area contributed by atoms with E-state index in [1.807, 2.05) is 18.2 Å². The number of amides is 1. The minimum absolute atomic E-state index is 0.0993. The molecule has 5 nitrogen and oxygen atoms in total. The average Bonchev–Trinajstić information content (AvgIpc) is 2.68. The van der Waals surface area contributed by atoms with E-state index in [9.17, 15) is 9.59 Å². The normalized spacial score (nSPS) is 19.5. The minimum atomic E-state index is -1.05. The Labute approximate surface area is 153 Å². The monoisotopic (exact) mass is 353 g/mol. The molecule has 1 amide bonds. The Hall–Kier alpha value is -2.82. The largest absolute Gasteiger partial charge is 0.482 e. The van der Waals surface area contributed by atoms with E-state index in [-0.39, 0.29) is 11.9 Å². The van der Waals surface area contributed by atoms with E-state index in [0.717, 1.165) is 19.3 Å². The minimum Gasteiger partial charge on any atom is -0.482 e. The number of ether oxygens (including phenoxy) is 1. The van der Waals surface area contributed by atoms with Gasteiger partial charge in [0.05, 0.1) is 0 Å². The summed E-state index contributed by atoms with van der Waals surface area (Å²) in [6.07, 6.45) is 4.30. The van der Waals surface area contributed by atoms with Crippen molar-refractivity contribution in [2.75, 3.05) is 6.61 Å². The molecule has 0 aromatic heterocycles. The lowest BCUT2D eigenvalue weighted by Crippen LogP contribution is -2.41. The number of carbonyl (C=O) groups is 2. The van der Waals surface area contributed by atoms with Gasteiger partial charge in [-0.3, -0.25) is 4.79 Å². The summed E-state index contributed by atoms with van der Waals surface area (Å²) in [5, 5.41) is 11.9. The van der Waals surface area contributed by atoms with Crippen LogP contribution in [-0.2, 0) is 4.79 Å². The molecule has 2 N–H and O–H groups in total. The molecule has 0 aliphatic heterocycles. The number of nitrogens with one attached hydrogen (secondary N) is 1. The zero-order valence-corrected chi connectivity index (χ0v) is 14.6. The molecule has 3 rings (SSSR count). The first-order chi connectivity index (χ1) is 12.6. The molecule has 5 heteroatoms. The average molecular weight is 353 g/mol. The van der Waals surface area contributed by atoms with Gasteiger partial charge >= 0.3 is 5.97 Å². The van der Waals surface area contributed by atoms with Gasteiger partial charge in [0.1, 0.15) is 5.75 Å². The molecular weight excluding hydrogens is 330 g/mol. The second-order valence-electron chi connectivity index (χ2n) is 6.59. The zero-order chi connectivity index (χ0) is 18.4. The number of carboxylic acids is 1. The number of aliphatic carboxylic acids is 1. The van der Waals surface area contributed by atoms with Gasteiger partial charge in [0.2, 0.25) is 0 Å². The van der Waals surface area contributed by atoms with Gasteiger partial charge in [-0.2, -0.15) is 0 Å². The van der Waals surface area contributed by atoms with Crippen molar-refractivity contribution in [3.05, 3.63) is 65.7 Å². The highest BCUT2D eigenvalue weighted by atomic mass is 16.5. The molecule has 26 heavy (non-hydrogen) atoms. The Morgan fingerprint density at radius 3 is 2.58 bits per heavy atom. The Morgan fingerprint density at radius 1 is 1.04 bits per heavy atom. The zero-order valence-electron chi connectivity index (χ0n) is 14.6. The number of carboxylic acid groups (broad SMARTS) is 1. The van der Waals surface area contributed by atoms with Crippen molar-refractivity contribution in [2.45, 2.75) is 37.6 Å². The molecule has 2 atom stereocenters. The summed E-state index contributed by atoms with van der Waals surface area (Å²) < 4.78 is 5.16. The summed E-state index contributed by atoms with van der Waals surface area (Å²) >= 11 is 0.